The Morgan fingerprint density at radius 3 is 2.52 bits per heavy atom. The number of piperidine rings is 1. The molecule has 4 amide bonds. The minimum atomic E-state index is -0.772. The maximum Gasteiger partial charge on any atom is 0.325 e. The predicted octanol–water partition coefficient (Wildman–Crippen LogP) is 1.75. The molecule has 1 saturated carbocycles. The van der Waals surface area contributed by atoms with E-state index in [1.165, 1.54) is 0 Å². The van der Waals surface area contributed by atoms with Gasteiger partial charge in [0.25, 0.3) is 5.91 Å². The van der Waals surface area contributed by atoms with E-state index < -0.39 is 11.6 Å². The smallest absolute Gasteiger partial charge is 0.325 e. The molecule has 1 aliphatic carbocycles. The van der Waals surface area contributed by atoms with Crippen LogP contribution < -0.4 is 5.32 Å². The van der Waals surface area contributed by atoms with Crippen molar-refractivity contribution in [3.05, 3.63) is 0 Å². The zero-order valence-electron chi connectivity index (χ0n) is 14.1. The van der Waals surface area contributed by atoms with Gasteiger partial charge in [0.2, 0.25) is 5.91 Å². The molecule has 23 heavy (non-hydrogen) atoms. The largest absolute Gasteiger partial charge is 0.341 e. The summed E-state index contributed by atoms with van der Waals surface area (Å²) in [5.74, 6) is 0.458. The molecule has 6 heteroatoms. The van der Waals surface area contributed by atoms with Crippen LogP contribution in [0, 0.1) is 11.8 Å². The van der Waals surface area contributed by atoms with E-state index >= 15 is 0 Å². The van der Waals surface area contributed by atoms with E-state index in [9.17, 15) is 14.4 Å². The molecular formula is C17H27N3O3. The number of carbonyl (C=O) groups is 3. The average Bonchev–Trinajstić information content (AvgIpc) is 2.76. The molecule has 0 unspecified atom stereocenters. The molecule has 0 aromatic carbocycles. The van der Waals surface area contributed by atoms with Gasteiger partial charge in [0.1, 0.15) is 12.1 Å². The molecule has 128 valence electrons. The molecule has 0 radical (unpaired) electrons. The van der Waals surface area contributed by atoms with Gasteiger partial charge in [0, 0.05) is 13.1 Å². The highest BCUT2D eigenvalue weighted by atomic mass is 16.2. The molecule has 6 nitrogen and oxygen atoms in total. The zero-order valence-corrected chi connectivity index (χ0v) is 14.1. The van der Waals surface area contributed by atoms with Crippen LogP contribution in [0.3, 0.4) is 0 Å². The number of hydrogen-bond acceptors (Lipinski definition) is 3. The van der Waals surface area contributed by atoms with E-state index in [0.29, 0.717) is 12.3 Å². The van der Waals surface area contributed by atoms with Crippen LogP contribution in [0.4, 0.5) is 4.79 Å². The fraction of sp³-hybridized carbons (Fsp3) is 0.824. The summed E-state index contributed by atoms with van der Waals surface area (Å²) in [5, 5.41) is 2.90. The summed E-state index contributed by atoms with van der Waals surface area (Å²) >= 11 is 0. The fourth-order valence-electron chi connectivity index (χ4n) is 4.13. The first-order valence-electron chi connectivity index (χ1n) is 8.86. The van der Waals surface area contributed by atoms with Gasteiger partial charge >= 0.3 is 6.03 Å². The maximum absolute atomic E-state index is 12.8. The van der Waals surface area contributed by atoms with E-state index in [1.54, 1.807) is 4.90 Å². The van der Waals surface area contributed by atoms with E-state index in [2.05, 4.69) is 12.2 Å². The van der Waals surface area contributed by atoms with Crippen molar-refractivity contribution in [3.63, 3.8) is 0 Å². The molecule has 2 saturated heterocycles. The van der Waals surface area contributed by atoms with Gasteiger partial charge in [-0.2, -0.15) is 0 Å². The van der Waals surface area contributed by atoms with Crippen LogP contribution in [-0.2, 0) is 9.59 Å². The number of carbonyl (C=O) groups excluding carboxylic acids is 3. The quantitative estimate of drug-likeness (QED) is 0.788. The second-order valence-electron chi connectivity index (χ2n) is 7.50. The summed E-state index contributed by atoms with van der Waals surface area (Å²) < 4.78 is 0. The van der Waals surface area contributed by atoms with Gasteiger partial charge < -0.3 is 10.2 Å². The van der Waals surface area contributed by atoms with Crippen molar-refractivity contribution in [2.24, 2.45) is 11.8 Å². The summed E-state index contributed by atoms with van der Waals surface area (Å²) in [7, 11) is 0. The first kappa shape index (κ1) is 16.3. The SMILES string of the molecule is CC1CCN(C(=O)CN2C(=O)N[C@]3(CCCC[C@H]3C)C2=O)CC1. The van der Waals surface area contributed by atoms with Gasteiger partial charge in [-0.1, -0.05) is 26.7 Å². The monoisotopic (exact) mass is 321 g/mol. The minimum absolute atomic E-state index is 0.110. The molecule has 1 spiro atoms. The fourth-order valence-corrected chi connectivity index (χ4v) is 4.13. The van der Waals surface area contributed by atoms with E-state index in [-0.39, 0.29) is 24.3 Å². The van der Waals surface area contributed by atoms with Crippen molar-refractivity contribution < 1.29 is 14.4 Å². The molecule has 3 aliphatic rings. The lowest BCUT2D eigenvalue weighted by Crippen LogP contribution is -2.54. The Bertz CT molecular complexity index is 513. The zero-order chi connectivity index (χ0) is 16.6. The van der Waals surface area contributed by atoms with Crippen molar-refractivity contribution in [2.75, 3.05) is 19.6 Å². The summed E-state index contributed by atoms with van der Waals surface area (Å²) in [6, 6.07) is -0.400. The molecule has 3 fully saturated rings. The molecule has 1 N–H and O–H groups in total. The summed E-state index contributed by atoms with van der Waals surface area (Å²) in [6.45, 7) is 5.55. The number of nitrogens with zero attached hydrogens (tertiary/aromatic N) is 2. The lowest BCUT2D eigenvalue weighted by molar-refractivity contribution is -0.141. The van der Waals surface area contributed by atoms with Crippen molar-refractivity contribution in [1.29, 1.82) is 0 Å². The van der Waals surface area contributed by atoms with Crippen LogP contribution in [0.5, 0.6) is 0 Å². The Balaban J connectivity index is 1.67. The Morgan fingerprint density at radius 1 is 1.17 bits per heavy atom. The van der Waals surface area contributed by atoms with Crippen LogP contribution >= 0.6 is 0 Å². The van der Waals surface area contributed by atoms with E-state index in [0.717, 1.165) is 50.1 Å². The summed E-state index contributed by atoms with van der Waals surface area (Å²) in [6.07, 6.45) is 5.65. The number of amides is 4. The van der Waals surface area contributed by atoms with Crippen LogP contribution in [-0.4, -0.2) is 52.8 Å². The Labute approximate surface area is 137 Å². The van der Waals surface area contributed by atoms with Crippen molar-refractivity contribution >= 4 is 17.8 Å². The maximum atomic E-state index is 12.8. The minimum Gasteiger partial charge on any atom is -0.341 e. The van der Waals surface area contributed by atoms with Crippen molar-refractivity contribution in [3.8, 4) is 0 Å². The normalized spacial score (nSPS) is 32.5. The Morgan fingerprint density at radius 2 is 1.87 bits per heavy atom. The Kier molecular flexibility index (Phi) is 4.34. The van der Waals surface area contributed by atoms with Crippen LogP contribution in [0.1, 0.15) is 52.4 Å². The highest BCUT2D eigenvalue weighted by Crippen LogP contribution is 2.38. The lowest BCUT2D eigenvalue weighted by atomic mass is 9.73. The van der Waals surface area contributed by atoms with Gasteiger partial charge in [-0.25, -0.2) is 4.79 Å². The molecule has 0 bridgehead atoms. The average molecular weight is 321 g/mol. The molecule has 2 heterocycles. The lowest BCUT2D eigenvalue weighted by Gasteiger charge is -2.37. The third-order valence-corrected chi connectivity index (χ3v) is 5.93. The van der Waals surface area contributed by atoms with E-state index in [4.69, 9.17) is 0 Å². The number of likely N-dealkylation sites (tertiary alicyclic amines) is 1. The van der Waals surface area contributed by atoms with Gasteiger partial charge in [0.05, 0.1) is 0 Å². The molecule has 0 aromatic rings. The molecule has 2 aliphatic heterocycles. The number of urea groups is 1. The van der Waals surface area contributed by atoms with Gasteiger partial charge in [-0.15, -0.1) is 0 Å². The first-order valence-corrected chi connectivity index (χ1v) is 8.86. The van der Waals surface area contributed by atoms with Gasteiger partial charge in [-0.05, 0) is 37.5 Å². The summed E-state index contributed by atoms with van der Waals surface area (Å²) in [5.41, 5.74) is -0.772. The summed E-state index contributed by atoms with van der Waals surface area (Å²) in [4.78, 5) is 40.5. The second-order valence-corrected chi connectivity index (χ2v) is 7.50. The number of hydrogen-bond donors (Lipinski definition) is 1. The van der Waals surface area contributed by atoms with Crippen LogP contribution in [0.25, 0.3) is 0 Å². The van der Waals surface area contributed by atoms with Crippen molar-refractivity contribution in [2.45, 2.75) is 57.9 Å². The number of nitrogens with one attached hydrogen (secondary N) is 1. The second kappa shape index (κ2) is 6.13. The first-order chi connectivity index (χ1) is 10.9. The molecule has 2 atom stereocenters. The number of rotatable bonds is 2. The molecular weight excluding hydrogens is 294 g/mol. The highest BCUT2D eigenvalue weighted by molar-refractivity contribution is 6.09. The number of imide groups is 1. The topological polar surface area (TPSA) is 69.7 Å². The van der Waals surface area contributed by atoms with Crippen LogP contribution in [0.15, 0.2) is 0 Å². The van der Waals surface area contributed by atoms with Crippen molar-refractivity contribution in [1.82, 2.24) is 15.1 Å². The van der Waals surface area contributed by atoms with Crippen LogP contribution in [0.2, 0.25) is 0 Å². The Hall–Kier alpha value is -1.59. The van der Waals surface area contributed by atoms with Gasteiger partial charge in [-0.3, -0.25) is 14.5 Å². The predicted molar refractivity (Wildman–Crippen MR) is 85.6 cm³/mol. The third-order valence-electron chi connectivity index (χ3n) is 5.93. The van der Waals surface area contributed by atoms with E-state index in [1.807, 2.05) is 6.92 Å². The standard InChI is InChI=1S/C17H27N3O3/c1-12-6-9-19(10-7-12)14(21)11-20-15(22)17(18-16(20)23)8-4-3-5-13(17)2/h12-13H,3-11H2,1-2H3,(H,18,23)/t13-,17+/m1/s1. The molecule has 0 aromatic heterocycles. The van der Waals surface area contributed by atoms with Gasteiger partial charge in [0.15, 0.2) is 0 Å². The third kappa shape index (κ3) is 2.83. The molecule has 3 rings (SSSR count). The highest BCUT2D eigenvalue weighted by Gasteiger charge is 2.55.